The van der Waals surface area contributed by atoms with Crippen molar-refractivity contribution in [2.24, 2.45) is 4.99 Å². The van der Waals surface area contributed by atoms with E-state index in [-0.39, 0.29) is 0 Å². The van der Waals surface area contributed by atoms with Gasteiger partial charge >= 0.3 is 0 Å². The van der Waals surface area contributed by atoms with Crippen LogP contribution >= 0.6 is 11.3 Å². The van der Waals surface area contributed by atoms with Crippen LogP contribution < -0.4 is 10.6 Å². The van der Waals surface area contributed by atoms with Crippen LogP contribution in [0.15, 0.2) is 35.5 Å². The highest BCUT2D eigenvalue weighted by Crippen LogP contribution is 2.17. The first kappa shape index (κ1) is 19.8. The van der Waals surface area contributed by atoms with E-state index in [0.717, 1.165) is 24.1 Å². The maximum Gasteiger partial charge on any atom is 0.191 e. The highest BCUT2D eigenvalue weighted by Gasteiger charge is 2.12. The molecule has 1 aromatic heterocycles. The summed E-state index contributed by atoms with van der Waals surface area (Å²) in [4.78, 5) is 13.0. The van der Waals surface area contributed by atoms with Gasteiger partial charge in [0.15, 0.2) is 5.96 Å². The first-order valence-corrected chi connectivity index (χ1v) is 10.8. The number of rotatable bonds is 7. The normalized spacial score (nSPS) is 15.7. The molecule has 0 radical (unpaired) electrons. The second-order valence-electron chi connectivity index (χ2n) is 7.02. The number of piperidine rings is 1. The van der Waals surface area contributed by atoms with Crippen molar-refractivity contribution in [2.75, 3.05) is 19.6 Å². The molecule has 2 heterocycles. The number of thiazole rings is 1. The molecule has 0 amide bonds. The van der Waals surface area contributed by atoms with Crippen LogP contribution in [0.3, 0.4) is 0 Å². The lowest BCUT2D eigenvalue weighted by atomic mass is 10.1. The number of aryl methyl sites for hydroxylation is 1. The third-order valence-electron chi connectivity index (χ3n) is 4.79. The number of benzene rings is 1. The molecule has 1 saturated heterocycles. The number of aromatic nitrogens is 1. The second kappa shape index (κ2) is 10.4. The van der Waals surface area contributed by atoms with Crippen LogP contribution in [0.2, 0.25) is 0 Å². The molecule has 6 heteroatoms. The van der Waals surface area contributed by atoms with Gasteiger partial charge in [-0.3, -0.25) is 4.90 Å². The monoisotopic (exact) mass is 385 g/mol. The van der Waals surface area contributed by atoms with Crippen LogP contribution in [0.1, 0.15) is 47.2 Å². The fraction of sp³-hybridized carbons (Fsp3) is 0.524. The highest BCUT2D eigenvalue weighted by molar-refractivity contribution is 7.11. The Labute approximate surface area is 166 Å². The average molecular weight is 386 g/mol. The van der Waals surface area contributed by atoms with Gasteiger partial charge < -0.3 is 10.6 Å². The van der Waals surface area contributed by atoms with E-state index in [2.05, 4.69) is 58.6 Å². The molecule has 27 heavy (non-hydrogen) atoms. The van der Waals surface area contributed by atoms with Crippen LogP contribution in [0, 0.1) is 6.92 Å². The SMILES string of the molecule is CCNC(=NCc1ccccc1CN1CCCCC1)NCc1ncc(C)s1. The van der Waals surface area contributed by atoms with Gasteiger partial charge in [0.25, 0.3) is 0 Å². The highest BCUT2D eigenvalue weighted by atomic mass is 32.1. The zero-order valence-corrected chi connectivity index (χ0v) is 17.3. The smallest absolute Gasteiger partial charge is 0.191 e. The van der Waals surface area contributed by atoms with Crippen molar-refractivity contribution in [2.45, 2.75) is 52.7 Å². The number of hydrogen-bond acceptors (Lipinski definition) is 4. The van der Waals surface area contributed by atoms with Crippen molar-refractivity contribution in [3.8, 4) is 0 Å². The van der Waals surface area contributed by atoms with E-state index >= 15 is 0 Å². The van der Waals surface area contributed by atoms with Crippen molar-refractivity contribution in [1.29, 1.82) is 0 Å². The summed E-state index contributed by atoms with van der Waals surface area (Å²) in [6, 6.07) is 8.71. The standard InChI is InChI=1S/C21H31N5S/c1-3-22-21(25-15-20-23-13-17(2)27-20)24-14-18-9-5-6-10-19(18)16-26-11-7-4-8-12-26/h5-6,9-10,13H,3-4,7-8,11-12,14-16H2,1-2H3,(H2,22,24,25). The van der Waals surface area contributed by atoms with E-state index in [1.54, 1.807) is 11.3 Å². The van der Waals surface area contributed by atoms with Crippen molar-refractivity contribution in [1.82, 2.24) is 20.5 Å². The maximum absolute atomic E-state index is 4.81. The maximum atomic E-state index is 4.81. The number of guanidine groups is 1. The minimum atomic E-state index is 0.691. The summed E-state index contributed by atoms with van der Waals surface area (Å²) in [6.45, 7) is 9.89. The van der Waals surface area contributed by atoms with E-state index in [4.69, 9.17) is 4.99 Å². The molecular weight excluding hydrogens is 354 g/mol. The first-order valence-electron chi connectivity index (χ1n) is 9.97. The van der Waals surface area contributed by atoms with Gasteiger partial charge in [-0.2, -0.15) is 0 Å². The molecule has 0 spiro atoms. The van der Waals surface area contributed by atoms with Gasteiger partial charge in [0.1, 0.15) is 5.01 Å². The minimum Gasteiger partial charge on any atom is -0.357 e. The van der Waals surface area contributed by atoms with Gasteiger partial charge in [0.05, 0.1) is 13.1 Å². The minimum absolute atomic E-state index is 0.691. The zero-order chi connectivity index (χ0) is 18.9. The molecule has 0 saturated carbocycles. The summed E-state index contributed by atoms with van der Waals surface area (Å²) in [6.07, 6.45) is 5.94. The van der Waals surface area contributed by atoms with Gasteiger partial charge in [-0.05, 0) is 50.9 Å². The summed E-state index contributed by atoms with van der Waals surface area (Å²) in [5.41, 5.74) is 2.71. The molecule has 0 unspecified atom stereocenters. The fourth-order valence-corrected chi connectivity index (χ4v) is 4.10. The molecule has 1 aliphatic rings. The topological polar surface area (TPSA) is 52.6 Å². The van der Waals surface area contributed by atoms with Crippen molar-refractivity contribution < 1.29 is 0 Å². The van der Waals surface area contributed by atoms with Crippen LogP contribution in [-0.4, -0.2) is 35.5 Å². The Hall–Kier alpha value is -1.92. The van der Waals surface area contributed by atoms with Crippen LogP contribution in [0.25, 0.3) is 0 Å². The van der Waals surface area contributed by atoms with E-state index < -0.39 is 0 Å². The lowest BCUT2D eigenvalue weighted by Gasteiger charge is -2.27. The number of nitrogens with zero attached hydrogens (tertiary/aromatic N) is 3. The summed E-state index contributed by atoms with van der Waals surface area (Å²) >= 11 is 1.72. The summed E-state index contributed by atoms with van der Waals surface area (Å²) in [5.74, 6) is 0.845. The molecule has 1 aromatic carbocycles. The van der Waals surface area contributed by atoms with E-state index in [1.165, 1.54) is 48.4 Å². The molecule has 3 rings (SSSR count). The number of hydrogen-bond donors (Lipinski definition) is 2. The van der Waals surface area contributed by atoms with Crippen LogP contribution in [-0.2, 0) is 19.6 Å². The summed E-state index contributed by atoms with van der Waals surface area (Å²) in [5, 5.41) is 7.82. The van der Waals surface area contributed by atoms with Gasteiger partial charge in [-0.15, -0.1) is 11.3 Å². The third-order valence-corrected chi connectivity index (χ3v) is 5.70. The molecular formula is C21H31N5S. The lowest BCUT2D eigenvalue weighted by molar-refractivity contribution is 0.220. The zero-order valence-electron chi connectivity index (χ0n) is 16.5. The Bertz CT molecular complexity index is 734. The molecule has 0 aliphatic carbocycles. The molecule has 0 bridgehead atoms. The summed E-state index contributed by atoms with van der Waals surface area (Å²) in [7, 11) is 0. The Balaban J connectivity index is 1.62. The second-order valence-corrected chi connectivity index (χ2v) is 8.34. The first-order chi connectivity index (χ1) is 13.2. The van der Waals surface area contributed by atoms with Crippen LogP contribution in [0.4, 0.5) is 0 Å². The molecule has 1 fully saturated rings. The van der Waals surface area contributed by atoms with Gasteiger partial charge in [0.2, 0.25) is 0 Å². The number of nitrogens with one attached hydrogen (secondary N) is 2. The molecule has 2 N–H and O–H groups in total. The molecule has 5 nitrogen and oxygen atoms in total. The largest absolute Gasteiger partial charge is 0.357 e. The lowest BCUT2D eigenvalue weighted by Crippen LogP contribution is -2.36. The van der Waals surface area contributed by atoms with E-state index in [0.29, 0.717) is 13.1 Å². The number of likely N-dealkylation sites (tertiary alicyclic amines) is 1. The van der Waals surface area contributed by atoms with Crippen molar-refractivity contribution in [3.63, 3.8) is 0 Å². The predicted octanol–water partition coefficient (Wildman–Crippen LogP) is 3.69. The van der Waals surface area contributed by atoms with Crippen molar-refractivity contribution >= 4 is 17.3 Å². The van der Waals surface area contributed by atoms with E-state index in [9.17, 15) is 0 Å². The fourth-order valence-electron chi connectivity index (χ4n) is 3.37. The van der Waals surface area contributed by atoms with Gasteiger partial charge in [0, 0.05) is 24.2 Å². The number of aliphatic imine (C=N–C) groups is 1. The molecule has 1 aliphatic heterocycles. The van der Waals surface area contributed by atoms with Gasteiger partial charge in [-0.25, -0.2) is 9.98 Å². The molecule has 2 aromatic rings. The molecule has 146 valence electrons. The predicted molar refractivity (Wildman–Crippen MR) is 114 cm³/mol. The molecule has 0 atom stereocenters. The Morgan fingerprint density at radius 2 is 1.93 bits per heavy atom. The van der Waals surface area contributed by atoms with E-state index in [1.807, 2.05) is 6.20 Å². The van der Waals surface area contributed by atoms with Crippen LogP contribution in [0.5, 0.6) is 0 Å². The summed E-state index contributed by atoms with van der Waals surface area (Å²) < 4.78 is 0. The quantitative estimate of drug-likeness (QED) is 0.564. The average Bonchev–Trinajstić information content (AvgIpc) is 3.11. The van der Waals surface area contributed by atoms with Crippen molar-refractivity contribution in [3.05, 3.63) is 51.5 Å². The Morgan fingerprint density at radius 1 is 1.15 bits per heavy atom. The van der Waals surface area contributed by atoms with Gasteiger partial charge in [-0.1, -0.05) is 30.7 Å². The Kier molecular flexibility index (Phi) is 7.66. The Morgan fingerprint density at radius 3 is 2.63 bits per heavy atom. The third kappa shape index (κ3) is 6.33.